The molecule has 136 valence electrons. The molecule has 1 aromatic carbocycles. The maximum atomic E-state index is 12.7. The van der Waals surface area contributed by atoms with Gasteiger partial charge < -0.3 is 9.64 Å². The molecule has 0 aromatic heterocycles. The van der Waals surface area contributed by atoms with Gasteiger partial charge in [0.2, 0.25) is 5.91 Å². The van der Waals surface area contributed by atoms with E-state index in [1.807, 2.05) is 0 Å². The number of methoxy groups -OCH3 is 1. The molecule has 1 aliphatic rings. The Labute approximate surface area is 158 Å². The molecule has 0 N–H and O–H groups in total. The normalized spacial score (nSPS) is 15.3. The van der Waals surface area contributed by atoms with Gasteiger partial charge in [0.05, 0.1) is 13.5 Å². The molecule has 0 saturated heterocycles. The van der Waals surface area contributed by atoms with E-state index >= 15 is 0 Å². The first-order chi connectivity index (χ1) is 12.0. The topological polar surface area (TPSA) is 46.6 Å². The zero-order valence-electron chi connectivity index (χ0n) is 14.3. The zero-order chi connectivity index (χ0) is 18.2. The van der Waals surface area contributed by atoms with E-state index in [1.165, 1.54) is 19.6 Å². The lowest BCUT2D eigenvalue weighted by Gasteiger charge is -2.33. The number of halogens is 2. The van der Waals surface area contributed by atoms with Crippen molar-refractivity contribution in [3.63, 3.8) is 0 Å². The highest BCUT2D eigenvalue weighted by atomic mass is 35.5. The maximum Gasteiger partial charge on any atom is 0.307 e. The second-order valence-electron chi connectivity index (χ2n) is 6.15. The Morgan fingerprint density at radius 1 is 1.24 bits per heavy atom. The van der Waals surface area contributed by atoms with E-state index in [2.05, 4.69) is 0 Å². The number of rotatable bonds is 6. The molecule has 1 aliphatic carbocycles. The van der Waals surface area contributed by atoms with Gasteiger partial charge in [-0.2, -0.15) is 0 Å². The van der Waals surface area contributed by atoms with Gasteiger partial charge in [-0.05, 0) is 36.6 Å². The lowest BCUT2D eigenvalue weighted by molar-refractivity contribution is -0.141. The van der Waals surface area contributed by atoms with Crippen LogP contribution in [-0.4, -0.2) is 36.5 Å². The van der Waals surface area contributed by atoms with E-state index < -0.39 is 0 Å². The number of carbonyl (C=O) groups is 2. The van der Waals surface area contributed by atoms with Crippen molar-refractivity contribution in [1.82, 2.24) is 4.90 Å². The summed E-state index contributed by atoms with van der Waals surface area (Å²) in [6.07, 6.45) is 8.78. The van der Waals surface area contributed by atoms with Crippen LogP contribution < -0.4 is 0 Å². The van der Waals surface area contributed by atoms with Gasteiger partial charge in [0.15, 0.2) is 0 Å². The molecule has 1 fully saturated rings. The van der Waals surface area contributed by atoms with Crippen LogP contribution in [0.5, 0.6) is 0 Å². The van der Waals surface area contributed by atoms with E-state index in [0.717, 1.165) is 31.2 Å². The molecule has 25 heavy (non-hydrogen) atoms. The smallest absolute Gasteiger partial charge is 0.307 e. The van der Waals surface area contributed by atoms with Crippen LogP contribution in [-0.2, 0) is 14.3 Å². The maximum absolute atomic E-state index is 12.7. The number of esters is 1. The molecule has 4 nitrogen and oxygen atoms in total. The summed E-state index contributed by atoms with van der Waals surface area (Å²) in [5, 5.41) is 1.05. The Morgan fingerprint density at radius 2 is 1.96 bits per heavy atom. The Morgan fingerprint density at radius 3 is 2.60 bits per heavy atom. The molecule has 2 rings (SSSR count). The molecular formula is C19H23Cl2NO3. The van der Waals surface area contributed by atoms with Gasteiger partial charge in [-0.1, -0.05) is 48.5 Å². The molecule has 1 saturated carbocycles. The van der Waals surface area contributed by atoms with Crippen LogP contribution in [0.4, 0.5) is 0 Å². The van der Waals surface area contributed by atoms with Crippen molar-refractivity contribution in [2.75, 3.05) is 13.7 Å². The fraction of sp³-hybridized carbons (Fsp3) is 0.474. The first-order valence-electron chi connectivity index (χ1n) is 8.52. The van der Waals surface area contributed by atoms with Gasteiger partial charge >= 0.3 is 5.97 Å². The van der Waals surface area contributed by atoms with Crippen molar-refractivity contribution in [2.24, 2.45) is 0 Å². The first kappa shape index (κ1) is 19.8. The molecule has 1 amide bonds. The Kier molecular flexibility index (Phi) is 7.79. The summed E-state index contributed by atoms with van der Waals surface area (Å²) < 4.78 is 4.70. The average molecular weight is 384 g/mol. The van der Waals surface area contributed by atoms with Crippen LogP contribution >= 0.6 is 23.2 Å². The summed E-state index contributed by atoms with van der Waals surface area (Å²) in [7, 11) is 1.36. The highest BCUT2D eigenvalue weighted by Crippen LogP contribution is 2.25. The highest BCUT2D eigenvalue weighted by molar-refractivity contribution is 6.35. The summed E-state index contributed by atoms with van der Waals surface area (Å²) in [4.78, 5) is 26.0. The fourth-order valence-corrected chi connectivity index (χ4v) is 3.54. The number of hydrogen-bond donors (Lipinski definition) is 0. The van der Waals surface area contributed by atoms with Crippen LogP contribution in [0, 0.1) is 0 Å². The van der Waals surface area contributed by atoms with Crippen molar-refractivity contribution >= 4 is 41.2 Å². The Balaban J connectivity index is 2.09. The second-order valence-corrected chi connectivity index (χ2v) is 6.99. The monoisotopic (exact) mass is 383 g/mol. The number of benzene rings is 1. The van der Waals surface area contributed by atoms with E-state index in [0.29, 0.717) is 16.6 Å². The summed E-state index contributed by atoms with van der Waals surface area (Å²) in [6.45, 7) is 0.370. The standard InChI is InChI=1S/C19H23Cl2NO3/c1-25-19(24)11-12-22(16-5-3-2-4-6-16)18(23)10-8-14-7-9-15(20)13-17(14)21/h7-10,13,16H,2-6,11-12H2,1H3/b10-8+. The van der Waals surface area contributed by atoms with E-state index in [-0.39, 0.29) is 24.3 Å². The van der Waals surface area contributed by atoms with Crippen LogP contribution in [0.25, 0.3) is 6.08 Å². The van der Waals surface area contributed by atoms with Crippen LogP contribution in [0.2, 0.25) is 10.0 Å². The van der Waals surface area contributed by atoms with Gasteiger partial charge in [0.1, 0.15) is 0 Å². The third-order valence-corrected chi connectivity index (χ3v) is 5.01. The first-order valence-corrected chi connectivity index (χ1v) is 9.27. The minimum atomic E-state index is -0.307. The van der Waals surface area contributed by atoms with Gasteiger partial charge in [0.25, 0.3) is 0 Å². The Bertz CT molecular complexity index is 640. The molecule has 1 aromatic rings. The number of carbonyl (C=O) groups excluding carboxylic acids is 2. The number of nitrogens with zero attached hydrogens (tertiary/aromatic N) is 1. The highest BCUT2D eigenvalue weighted by Gasteiger charge is 2.24. The zero-order valence-corrected chi connectivity index (χ0v) is 15.9. The predicted molar refractivity (Wildman–Crippen MR) is 101 cm³/mol. The molecule has 0 atom stereocenters. The summed E-state index contributed by atoms with van der Waals surface area (Å²) in [5.74, 6) is -0.417. The average Bonchev–Trinajstić information content (AvgIpc) is 2.61. The SMILES string of the molecule is COC(=O)CCN(C(=O)/C=C/c1ccc(Cl)cc1Cl)C1CCCCC1. The van der Waals surface area contributed by atoms with Gasteiger partial charge in [-0.3, -0.25) is 9.59 Å². The van der Waals surface area contributed by atoms with Crippen molar-refractivity contribution < 1.29 is 14.3 Å². The van der Waals surface area contributed by atoms with Gasteiger partial charge in [0, 0.05) is 28.7 Å². The summed E-state index contributed by atoms with van der Waals surface area (Å²) in [6, 6.07) is 5.32. The minimum absolute atomic E-state index is 0.109. The number of ether oxygens (including phenoxy) is 1. The molecule has 0 spiro atoms. The number of hydrogen-bond acceptors (Lipinski definition) is 3. The third-order valence-electron chi connectivity index (χ3n) is 4.45. The van der Waals surface area contributed by atoms with Crippen LogP contribution in [0.3, 0.4) is 0 Å². The largest absolute Gasteiger partial charge is 0.469 e. The summed E-state index contributed by atoms with van der Waals surface area (Å²) >= 11 is 12.0. The molecule has 0 unspecified atom stereocenters. The minimum Gasteiger partial charge on any atom is -0.469 e. The van der Waals surface area contributed by atoms with Crippen molar-refractivity contribution in [2.45, 2.75) is 44.6 Å². The predicted octanol–water partition coefficient (Wildman–Crippen LogP) is 4.73. The van der Waals surface area contributed by atoms with Gasteiger partial charge in [-0.15, -0.1) is 0 Å². The van der Waals surface area contributed by atoms with Crippen LogP contribution in [0.1, 0.15) is 44.1 Å². The van der Waals surface area contributed by atoms with Crippen molar-refractivity contribution in [1.29, 1.82) is 0 Å². The summed E-state index contributed by atoms with van der Waals surface area (Å²) in [5.41, 5.74) is 0.732. The van der Waals surface area contributed by atoms with E-state index in [9.17, 15) is 9.59 Å². The molecule has 0 radical (unpaired) electrons. The quantitative estimate of drug-likeness (QED) is 0.526. The number of amides is 1. The van der Waals surface area contributed by atoms with E-state index in [4.69, 9.17) is 27.9 Å². The lowest BCUT2D eigenvalue weighted by atomic mass is 9.94. The fourth-order valence-electron chi connectivity index (χ4n) is 3.07. The van der Waals surface area contributed by atoms with Crippen LogP contribution in [0.15, 0.2) is 24.3 Å². The molecule has 0 heterocycles. The molecule has 6 heteroatoms. The lowest BCUT2D eigenvalue weighted by Crippen LogP contribution is -2.41. The van der Waals surface area contributed by atoms with Gasteiger partial charge in [-0.25, -0.2) is 0 Å². The Hall–Kier alpha value is -1.52. The van der Waals surface area contributed by atoms with Crippen molar-refractivity contribution in [3.05, 3.63) is 39.9 Å². The second kappa shape index (κ2) is 9.83. The molecule has 0 aliphatic heterocycles. The molecule has 0 bridgehead atoms. The van der Waals surface area contributed by atoms with Crippen molar-refractivity contribution in [3.8, 4) is 0 Å². The third kappa shape index (κ3) is 6.05. The molecular weight excluding hydrogens is 361 g/mol. The van der Waals surface area contributed by atoms with E-state index in [1.54, 1.807) is 29.2 Å².